The van der Waals surface area contributed by atoms with E-state index in [2.05, 4.69) is 0 Å². The molecule has 0 saturated heterocycles. The Hall–Kier alpha value is -0.180. The van der Waals surface area contributed by atoms with Gasteiger partial charge in [0.2, 0.25) is 0 Å². The van der Waals surface area contributed by atoms with Crippen molar-refractivity contribution in [3.05, 3.63) is 0 Å². The molecule has 0 amide bonds. The average Bonchev–Trinajstić information content (AvgIpc) is 1.60. The van der Waals surface area contributed by atoms with Gasteiger partial charge in [-0.15, -0.1) is 0 Å². The smallest absolute Gasteiger partial charge is 0.251 e. The minimum absolute atomic E-state index is 0.149. The third-order valence-electron chi connectivity index (χ3n) is 1.56. The summed E-state index contributed by atoms with van der Waals surface area (Å²) in [6, 6.07) is 0. The second-order valence-electron chi connectivity index (χ2n) is 3.44. The zero-order chi connectivity index (χ0) is 8.36. The highest BCUT2D eigenvalue weighted by Crippen LogP contribution is 2.11. The van der Waals surface area contributed by atoms with Gasteiger partial charge in [-0.1, -0.05) is 0 Å². The summed E-state index contributed by atoms with van der Waals surface area (Å²) in [6.45, 7) is 5.59. The molecule has 0 spiro atoms. The monoisotopic (exact) mass is 151 g/mol. The number of nitrogens with zero attached hydrogens (tertiary/aromatic N) is 1. The fourth-order valence-electron chi connectivity index (χ4n) is 0.481. The molecule has 0 unspecified atom stereocenters. The molecule has 0 bridgehead atoms. The first-order valence-electron chi connectivity index (χ1n) is 3.33. The molecule has 0 aliphatic rings. The molecule has 1 nitrogen and oxygen atoms in total. The van der Waals surface area contributed by atoms with Gasteiger partial charge in [0.1, 0.15) is 0 Å². The van der Waals surface area contributed by atoms with Crippen molar-refractivity contribution in [1.82, 2.24) is 4.90 Å². The van der Waals surface area contributed by atoms with Crippen molar-refractivity contribution in [2.75, 3.05) is 13.6 Å². The summed E-state index contributed by atoms with van der Waals surface area (Å²) in [7, 11) is 1.70. The summed E-state index contributed by atoms with van der Waals surface area (Å²) < 4.78 is 23.5. The van der Waals surface area contributed by atoms with Crippen molar-refractivity contribution in [3.63, 3.8) is 0 Å². The van der Waals surface area contributed by atoms with Crippen LogP contribution >= 0.6 is 0 Å². The van der Waals surface area contributed by atoms with Gasteiger partial charge in [-0.25, -0.2) is 8.78 Å². The predicted octanol–water partition coefficient (Wildman–Crippen LogP) is 1.98. The van der Waals surface area contributed by atoms with Crippen LogP contribution < -0.4 is 0 Å². The molecule has 0 aromatic rings. The largest absolute Gasteiger partial charge is 0.296 e. The van der Waals surface area contributed by atoms with E-state index >= 15 is 0 Å². The second kappa shape index (κ2) is 3.28. The molecular weight excluding hydrogens is 136 g/mol. The van der Waals surface area contributed by atoms with Gasteiger partial charge in [-0.3, -0.25) is 4.90 Å². The maximum absolute atomic E-state index is 11.8. The van der Waals surface area contributed by atoms with Crippen LogP contribution in [0.5, 0.6) is 0 Å². The lowest BCUT2D eigenvalue weighted by atomic mass is 10.1. The van der Waals surface area contributed by atoms with Crippen LogP contribution in [-0.4, -0.2) is 30.5 Å². The van der Waals surface area contributed by atoms with Gasteiger partial charge < -0.3 is 0 Å². The first kappa shape index (κ1) is 9.82. The lowest BCUT2D eigenvalue weighted by Gasteiger charge is -2.31. The van der Waals surface area contributed by atoms with Gasteiger partial charge in [0.25, 0.3) is 6.43 Å². The van der Waals surface area contributed by atoms with Gasteiger partial charge in [0.15, 0.2) is 0 Å². The third kappa shape index (κ3) is 3.77. The number of alkyl halides is 2. The summed E-state index contributed by atoms with van der Waals surface area (Å²) >= 11 is 0. The molecule has 0 heterocycles. The van der Waals surface area contributed by atoms with Crippen LogP contribution in [0.4, 0.5) is 8.78 Å². The van der Waals surface area contributed by atoms with E-state index in [1.165, 1.54) is 0 Å². The highest BCUT2D eigenvalue weighted by Gasteiger charge is 2.19. The van der Waals surface area contributed by atoms with E-state index in [1.807, 2.05) is 20.8 Å². The van der Waals surface area contributed by atoms with Crippen LogP contribution in [0.2, 0.25) is 0 Å². The quantitative estimate of drug-likeness (QED) is 0.583. The number of hydrogen-bond acceptors (Lipinski definition) is 1. The highest BCUT2D eigenvalue weighted by atomic mass is 19.3. The Morgan fingerprint density at radius 3 is 1.80 bits per heavy atom. The Balaban J connectivity index is 3.73. The molecule has 0 N–H and O–H groups in total. The first-order chi connectivity index (χ1) is 4.34. The van der Waals surface area contributed by atoms with Crippen molar-refractivity contribution < 1.29 is 8.78 Å². The highest BCUT2D eigenvalue weighted by molar-refractivity contribution is 4.72. The van der Waals surface area contributed by atoms with Crippen LogP contribution in [-0.2, 0) is 0 Å². The lowest BCUT2D eigenvalue weighted by molar-refractivity contribution is 0.0592. The number of hydrogen-bond donors (Lipinski definition) is 0. The Labute approximate surface area is 61.0 Å². The summed E-state index contributed by atoms with van der Waals surface area (Å²) in [5, 5.41) is 0. The number of rotatable bonds is 2. The standard InChI is InChI=1S/C7H15F2N/c1-7(2,3)10(4)5-6(8)9/h6H,5H2,1-4H3. The van der Waals surface area contributed by atoms with E-state index in [0.29, 0.717) is 0 Å². The van der Waals surface area contributed by atoms with Crippen molar-refractivity contribution in [1.29, 1.82) is 0 Å². The van der Waals surface area contributed by atoms with Crippen LogP contribution in [0.25, 0.3) is 0 Å². The Bertz CT molecular complexity index is 96.3. The third-order valence-corrected chi connectivity index (χ3v) is 1.56. The van der Waals surface area contributed by atoms with E-state index < -0.39 is 6.43 Å². The van der Waals surface area contributed by atoms with Crippen LogP contribution in [0, 0.1) is 0 Å². The van der Waals surface area contributed by atoms with Crippen LogP contribution in [0.15, 0.2) is 0 Å². The normalized spacial score (nSPS) is 13.2. The fraction of sp³-hybridized carbons (Fsp3) is 1.00. The minimum atomic E-state index is -2.23. The summed E-state index contributed by atoms with van der Waals surface area (Å²) in [5.41, 5.74) is -0.156. The molecular formula is C7H15F2N. The Kier molecular flexibility index (Phi) is 3.22. The van der Waals surface area contributed by atoms with Gasteiger partial charge in [-0.2, -0.15) is 0 Å². The molecule has 3 heteroatoms. The predicted molar refractivity (Wildman–Crippen MR) is 38.4 cm³/mol. The molecule has 0 radical (unpaired) electrons. The SMILES string of the molecule is CN(CC(F)F)C(C)(C)C. The first-order valence-corrected chi connectivity index (χ1v) is 3.33. The molecule has 0 atom stereocenters. The molecule has 10 heavy (non-hydrogen) atoms. The van der Waals surface area contributed by atoms with E-state index in [1.54, 1.807) is 11.9 Å². The van der Waals surface area contributed by atoms with Crippen LogP contribution in [0.3, 0.4) is 0 Å². The van der Waals surface area contributed by atoms with Crippen molar-refractivity contribution in [2.45, 2.75) is 32.7 Å². The summed E-state index contributed by atoms with van der Waals surface area (Å²) in [6.07, 6.45) is -2.23. The maximum atomic E-state index is 11.8. The van der Waals surface area contributed by atoms with Crippen LogP contribution in [0.1, 0.15) is 20.8 Å². The zero-order valence-corrected chi connectivity index (χ0v) is 6.99. The molecule has 0 rings (SSSR count). The molecule has 0 aliphatic carbocycles. The van der Waals surface area contributed by atoms with Gasteiger partial charge >= 0.3 is 0 Å². The topological polar surface area (TPSA) is 3.24 Å². The molecule has 0 saturated carbocycles. The molecule has 0 aromatic heterocycles. The molecule has 0 aliphatic heterocycles. The van der Waals surface area contributed by atoms with Crippen molar-refractivity contribution in [3.8, 4) is 0 Å². The Morgan fingerprint density at radius 2 is 1.70 bits per heavy atom. The average molecular weight is 151 g/mol. The van der Waals surface area contributed by atoms with Crippen molar-refractivity contribution >= 4 is 0 Å². The summed E-state index contributed by atoms with van der Waals surface area (Å²) in [4.78, 5) is 1.64. The molecule has 0 fully saturated rings. The van der Waals surface area contributed by atoms with E-state index in [0.717, 1.165) is 0 Å². The van der Waals surface area contributed by atoms with Gasteiger partial charge in [0, 0.05) is 5.54 Å². The summed E-state index contributed by atoms with van der Waals surface area (Å²) in [5.74, 6) is 0. The molecule has 62 valence electrons. The van der Waals surface area contributed by atoms with E-state index in [9.17, 15) is 8.78 Å². The Morgan fingerprint density at radius 1 is 1.30 bits per heavy atom. The molecule has 0 aromatic carbocycles. The lowest BCUT2D eigenvalue weighted by Crippen LogP contribution is -2.40. The maximum Gasteiger partial charge on any atom is 0.251 e. The van der Waals surface area contributed by atoms with Crippen molar-refractivity contribution in [2.24, 2.45) is 0 Å². The second-order valence-corrected chi connectivity index (χ2v) is 3.44. The minimum Gasteiger partial charge on any atom is -0.296 e. The van der Waals surface area contributed by atoms with Gasteiger partial charge in [-0.05, 0) is 27.8 Å². The van der Waals surface area contributed by atoms with E-state index in [-0.39, 0.29) is 12.1 Å². The number of halogens is 2. The fourth-order valence-corrected chi connectivity index (χ4v) is 0.481. The zero-order valence-electron chi connectivity index (χ0n) is 6.99. The van der Waals surface area contributed by atoms with Gasteiger partial charge in [0.05, 0.1) is 6.54 Å². The van der Waals surface area contributed by atoms with E-state index in [4.69, 9.17) is 0 Å².